The molecule has 0 spiro atoms. The van der Waals surface area contributed by atoms with E-state index < -0.39 is 0 Å². The van der Waals surface area contributed by atoms with Crippen molar-refractivity contribution in [2.75, 3.05) is 31.2 Å². The first kappa shape index (κ1) is 35.1. The number of nitrogen functional groups attached to an aromatic ring is 1. The predicted molar refractivity (Wildman–Crippen MR) is 184 cm³/mol. The Balaban J connectivity index is 0.000000369. The van der Waals surface area contributed by atoms with Crippen LogP contribution in [0.1, 0.15) is 86.5 Å². The second-order valence-electron chi connectivity index (χ2n) is 10.9. The number of allylic oxidation sites excluding steroid dienone is 6. The number of carbonyl (C=O) groups is 1. The van der Waals surface area contributed by atoms with Crippen LogP contribution in [0.3, 0.4) is 0 Å². The highest BCUT2D eigenvalue weighted by Crippen LogP contribution is 2.32. The molecule has 0 amide bonds. The number of hydrogen-bond donors (Lipinski definition) is 2. The molecule has 0 saturated carbocycles. The molecule has 2 heterocycles. The Morgan fingerprint density at radius 1 is 1.12 bits per heavy atom. The van der Waals surface area contributed by atoms with E-state index in [4.69, 9.17) is 10.5 Å². The smallest absolute Gasteiger partial charge is 0.306 e. The minimum Gasteiger partial charge on any atom is -0.459 e. The van der Waals surface area contributed by atoms with Gasteiger partial charge in [-0.25, -0.2) is 0 Å². The van der Waals surface area contributed by atoms with Crippen LogP contribution in [0.4, 0.5) is 11.4 Å². The number of likely N-dealkylation sites (tertiary alicyclic amines) is 1. The van der Waals surface area contributed by atoms with Crippen LogP contribution >= 0.6 is 11.3 Å². The first-order valence-electron chi connectivity index (χ1n) is 15.5. The van der Waals surface area contributed by atoms with Crippen LogP contribution in [-0.4, -0.2) is 36.6 Å². The van der Waals surface area contributed by atoms with Gasteiger partial charge in [0.05, 0.1) is 11.4 Å². The number of nitrogens with zero attached hydrogens (tertiary/aromatic N) is 1. The largest absolute Gasteiger partial charge is 0.459 e. The Morgan fingerprint density at radius 2 is 1.86 bits per heavy atom. The highest BCUT2D eigenvalue weighted by Gasteiger charge is 2.35. The quantitative estimate of drug-likeness (QED) is 0.146. The molecule has 0 unspecified atom stereocenters. The summed E-state index contributed by atoms with van der Waals surface area (Å²) in [5.41, 5.74) is 12.5. The third-order valence-electron chi connectivity index (χ3n) is 7.60. The number of rotatable bonds is 12. The monoisotopic (exact) mass is 591 g/mol. The van der Waals surface area contributed by atoms with Gasteiger partial charge in [0.1, 0.15) is 5.60 Å². The van der Waals surface area contributed by atoms with Gasteiger partial charge >= 0.3 is 5.97 Å². The van der Waals surface area contributed by atoms with Crippen molar-refractivity contribution in [1.29, 1.82) is 0 Å². The molecule has 3 N–H and O–H groups in total. The number of piperidine rings is 1. The van der Waals surface area contributed by atoms with Crippen molar-refractivity contribution in [3.05, 3.63) is 82.9 Å². The third kappa shape index (κ3) is 11.3. The van der Waals surface area contributed by atoms with Crippen LogP contribution in [0.25, 0.3) is 10.4 Å². The van der Waals surface area contributed by atoms with E-state index in [1.54, 1.807) is 11.3 Å². The number of hydrogen-bond acceptors (Lipinski definition) is 6. The van der Waals surface area contributed by atoms with Crippen molar-refractivity contribution >= 4 is 28.7 Å². The van der Waals surface area contributed by atoms with Gasteiger partial charge in [-0.1, -0.05) is 82.2 Å². The molecule has 230 valence electrons. The minimum atomic E-state index is -0.167. The zero-order valence-electron chi connectivity index (χ0n) is 27.0. The molecule has 0 atom stereocenters. The molecule has 1 aliphatic heterocycles. The molecular weight excluding hydrogens is 538 g/mol. The molecular formula is C36H53N3O2S. The molecule has 0 aliphatic carbocycles. The Morgan fingerprint density at radius 3 is 2.43 bits per heavy atom. The number of unbranched alkanes of at least 4 members (excludes halogenated alkanes) is 1. The second kappa shape index (κ2) is 18.4. The molecule has 1 aromatic heterocycles. The second-order valence-corrected chi connectivity index (χ2v) is 11.9. The molecule has 0 bridgehead atoms. The zero-order valence-corrected chi connectivity index (χ0v) is 27.8. The van der Waals surface area contributed by atoms with Crippen molar-refractivity contribution in [2.24, 2.45) is 0 Å². The Hall–Kier alpha value is -3.09. The average molecular weight is 592 g/mol. The van der Waals surface area contributed by atoms with E-state index in [1.807, 2.05) is 13.0 Å². The number of nitrogens with one attached hydrogen (secondary N) is 1. The van der Waals surface area contributed by atoms with Gasteiger partial charge in [-0.3, -0.25) is 4.79 Å². The Bertz CT molecular complexity index is 1220. The zero-order chi connectivity index (χ0) is 31.0. The molecule has 1 aliphatic rings. The number of thiophene rings is 1. The highest BCUT2D eigenvalue weighted by molar-refractivity contribution is 7.13. The van der Waals surface area contributed by atoms with Gasteiger partial charge in [0, 0.05) is 30.1 Å². The molecule has 1 aromatic carbocycles. The van der Waals surface area contributed by atoms with Gasteiger partial charge in [0.2, 0.25) is 0 Å². The topological polar surface area (TPSA) is 67.6 Å². The lowest BCUT2D eigenvalue weighted by Crippen LogP contribution is -2.45. The average Bonchev–Trinajstić information content (AvgIpc) is 3.54. The van der Waals surface area contributed by atoms with E-state index in [0.29, 0.717) is 6.42 Å². The number of benzene rings is 1. The summed E-state index contributed by atoms with van der Waals surface area (Å²) in [6.07, 6.45) is 17.6. The first-order chi connectivity index (χ1) is 20.2. The predicted octanol–water partition coefficient (Wildman–Crippen LogP) is 9.77. The fourth-order valence-corrected chi connectivity index (χ4v) is 5.45. The number of carbonyl (C=O) groups excluding carboxylic acids is 1. The summed E-state index contributed by atoms with van der Waals surface area (Å²) >= 11 is 1.74. The summed E-state index contributed by atoms with van der Waals surface area (Å²) in [7, 11) is 2.11. The van der Waals surface area contributed by atoms with E-state index in [0.717, 1.165) is 67.8 Å². The molecule has 0 radical (unpaired) electrons. The van der Waals surface area contributed by atoms with Gasteiger partial charge in [-0.05, 0) is 87.7 Å². The molecule has 1 fully saturated rings. The maximum Gasteiger partial charge on any atom is 0.306 e. The van der Waals surface area contributed by atoms with Gasteiger partial charge < -0.3 is 20.7 Å². The van der Waals surface area contributed by atoms with E-state index in [1.165, 1.54) is 22.4 Å². The maximum absolute atomic E-state index is 11.3. The van der Waals surface area contributed by atoms with Crippen molar-refractivity contribution in [2.45, 2.75) is 92.1 Å². The van der Waals surface area contributed by atoms with E-state index in [-0.39, 0.29) is 11.6 Å². The minimum absolute atomic E-state index is 0.0589. The van der Waals surface area contributed by atoms with Crippen LogP contribution in [-0.2, 0) is 9.53 Å². The van der Waals surface area contributed by atoms with Gasteiger partial charge in [0.25, 0.3) is 0 Å². The van der Waals surface area contributed by atoms with Crippen LogP contribution < -0.4 is 11.1 Å². The summed E-state index contributed by atoms with van der Waals surface area (Å²) in [5.74, 6) is -0.0589. The van der Waals surface area contributed by atoms with Crippen LogP contribution in [0.15, 0.2) is 82.9 Å². The Labute approximate surface area is 259 Å². The van der Waals surface area contributed by atoms with Gasteiger partial charge in [-0.15, -0.1) is 11.3 Å². The van der Waals surface area contributed by atoms with Crippen molar-refractivity contribution in [3.63, 3.8) is 0 Å². The first-order valence-corrected chi connectivity index (χ1v) is 16.4. The van der Waals surface area contributed by atoms with Crippen molar-refractivity contribution in [1.82, 2.24) is 4.90 Å². The SMILES string of the molecule is C/C=C(\C=C/C(C)=C/CCC)C(=C/CC)/Nc1cc(-c2cccs2)ccc1N.CCC(=O)OC1(CC)CCN(C)CC1. The van der Waals surface area contributed by atoms with Gasteiger partial charge in [0.15, 0.2) is 0 Å². The number of anilines is 2. The van der Waals surface area contributed by atoms with E-state index >= 15 is 0 Å². The molecule has 1 saturated heterocycles. The number of nitrogens with two attached hydrogens (primary N) is 1. The van der Waals surface area contributed by atoms with Crippen LogP contribution in [0.2, 0.25) is 0 Å². The summed E-state index contributed by atoms with van der Waals surface area (Å²) < 4.78 is 5.56. The molecule has 5 nitrogen and oxygen atoms in total. The fourth-order valence-electron chi connectivity index (χ4n) is 4.72. The van der Waals surface area contributed by atoms with E-state index in [9.17, 15) is 4.79 Å². The number of esters is 1. The molecule has 42 heavy (non-hydrogen) atoms. The summed E-state index contributed by atoms with van der Waals surface area (Å²) in [6.45, 7) is 14.6. The third-order valence-corrected chi connectivity index (χ3v) is 8.52. The lowest BCUT2D eigenvalue weighted by molar-refractivity contribution is -0.164. The Kier molecular flexibility index (Phi) is 15.4. The fraction of sp³-hybridized carbons (Fsp3) is 0.472. The molecule has 6 heteroatoms. The van der Waals surface area contributed by atoms with Gasteiger partial charge in [-0.2, -0.15) is 0 Å². The van der Waals surface area contributed by atoms with Crippen LogP contribution in [0, 0.1) is 0 Å². The lowest BCUT2D eigenvalue weighted by Gasteiger charge is -2.39. The molecule has 2 aromatic rings. The maximum atomic E-state index is 11.3. The highest BCUT2D eigenvalue weighted by atomic mass is 32.1. The van der Waals surface area contributed by atoms with Crippen molar-refractivity contribution < 1.29 is 9.53 Å². The summed E-state index contributed by atoms with van der Waals surface area (Å²) in [5, 5.41) is 5.67. The van der Waals surface area contributed by atoms with Crippen LogP contribution in [0.5, 0.6) is 0 Å². The standard InChI is InChI=1S/C25H32N2S.C11H21NO2/c1-5-8-11-19(4)13-14-20(7-3)23(10-6-2)27-24-18-21(15-16-22(24)26)25-12-9-17-28-25;1-4-10(13)14-11(5-2)6-8-12(3)9-7-11/h7,9-18,27H,5-6,8,26H2,1-4H3;4-9H2,1-3H3/b14-13-,19-11+,20-7+,23-10-;. The normalized spacial score (nSPS) is 16.2. The summed E-state index contributed by atoms with van der Waals surface area (Å²) in [4.78, 5) is 14.8. The van der Waals surface area contributed by atoms with E-state index in [2.05, 4.69) is 112 Å². The lowest BCUT2D eigenvalue weighted by atomic mass is 9.89. The van der Waals surface area contributed by atoms with Crippen molar-refractivity contribution in [3.8, 4) is 10.4 Å². The molecule has 3 rings (SSSR count). The number of ether oxygens (including phenoxy) is 1. The summed E-state index contributed by atoms with van der Waals surface area (Å²) in [6, 6.07) is 10.4.